The molecule has 0 aliphatic rings. The summed E-state index contributed by atoms with van der Waals surface area (Å²) in [5, 5.41) is 13.9. The Labute approximate surface area is 158 Å². The van der Waals surface area contributed by atoms with Gasteiger partial charge in [0.2, 0.25) is 0 Å². The standard InChI is InChI=1S/C20H12F2N4O2/c21-15-8-7-14(10-16(15)22)25-20(28)18-6-2-5-17(26-18)19(27)24-13-4-1-3-12(9-13)11-23/h1-10H,(H,24,27)(H,25,28). The van der Waals surface area contributed by atoms with Crippen LogP contribution in [0, 0.1) is 23.0 Å². The number of carbonyl (C=O) groups is 2. The van der Waals surface area contributed by atoms with Crippen molar-refractivity contribution in [2.24, 2.45) is 0 Å². The third kappa shape index (κ3) is 4.34. The lowest BCUT2D eigenvalue weighted by atomic mass is 10.2. The molecule has 8 heteroatoms. The molecule has 1 aromatic heterocycles. The van der Waals surface area contributed by atoms with Crippen LogP contribution < -0.4 is 10.6 Å². The summed E-state index contributed by atoms with van der Waals surface area (Å²) in [6, 6.07) is 15.5. The fourth-order valence-corrected chi connectivity index (χ4v) is 2.32. The van der Waals surface area contributed by atoms with Crippen molar-refractivity contribution in [1.29, 1.82) is 5.26 Å². The Morgan fingerprint density at radius 1 is 0.821 bits per heavy atom. The van der Waals surface area contributed by atoms with Gasteiger partial charge >= 0.3 is 0 Å². The Balaban J connectivity index is 1.75. The lowest BCUT2D eigenvalue weighted by Crippen LogP contribution is -2.18. The number of halogens is 2. The minimum Gasteiger partial charge on any atom is -0.321 e. The number of benzene rings is 2. The van der Waals surface area contributed by atoms with Gasteiger partial charge in [0.25, 0.3) is 11.8 Å². The van der Waals surface area contributed by atoms with E-state index in [1.807, 2.05) is 6.07 Å². The molecule has 2 amide bonds. The third-order valence-electron chi connectivity index (χ3n) is 3.64. The van der Waals surface area contributed by atoms with Crippen molar-refractivity contribution in [2.75, 3.05) is 10.6 Å². The minimum atomic E-state index is -1.10. The first kappa shape index (κ1) is 18.7. The van der Waals surface area contributed by atoms with Gasteiger partial charge in [-0.05, 0) is 42.5 Å². The Bertz CT molecular complexity index is 1110. The minimum absolute atomic E-state index is 0.0275. The molecule has 0 unspecified atom stereocenters. The van der Waals surface area contributed by atoms with Crippen LogP contribution in [0.5, 0.6) is 0 Å². The summed E-state index contributed by atoms with van der Waals surface area (Å²) < 4.78 is 26.2. The molecule has 138 valence electrons. The van der Waals surface area contributed by atoms with E-state index in [0.717, 1.165) is 12.1 Å². The van der Waals surface area contributed by atoms with Crippen LogP contribution in [0.3, 0.4) is 0 Å². The monoisotopic (exact) mass is 378 g/mol. The molecule has 2 aromatic carbocycles. The van der Waals surface area contributed by atoms with Gasteiger partial charge in [-0.2, -0.15) is 5.26 Å². The molecule has 0 fully saturated rings. The van der Waals surface area contributed by atoms with Crippen LogP contribution in [0.15, 0.2) is 60.7 Å². The molecule has 0 aliphatic heterocycles. The van der Waals surface area contributed by atoms with Crippen LogP contribution in [0.4, 0.5) is 20.2 Å². The van der Waals surface area contributed by atoms with Gasteiger partial charge in [0.15, 0.2) is 11.6 Å². The Hall–Kier alpha value is -4.12. The fourth-order valence-electron chi connectivity index (χ4n) is 2.32. The van der Waals surface area contributed by atoms with Gasteiger partial charge < -0.3 is 10.6 Å². The number of pyridine rings is 1. The maximum absolute atomic E-state index is 13.2. The summed E-state index contributed by atoms with van der Waals surface area (Å²) in [5.74, 6) is -3.39. The first-order chi connectivity index (χ1) is 13.5. The van der Waals surface area contributed by atoms with Crippen LogP contribution in [-0.2, 0) is 0 Å². The molecule has 1 heterocycles. The number of hydrogen-bond acceptors (Lipinski definition) is 4. The second kappa shape index (κ2) is 8.05. The van der Waals surface area contributed by atoms with Crippen LogP contribution >= 0.6 is 0 Å². The number of aromatic nitrogens is 1. The van der Waals surface area contributed by atoms with Crippen molar-refractivity contribution in [2.45, 2.75) is 0 Å². The van der Waals surface area contributed by atoms with E-state index in [-0.39, 0.29) is 17.1 Å². The zero-order chi connectivity index (χ0) is 20.1. The molecular formula is C20H12F2N4O2. The first-order valence-electron chi connectivity index (χ1n) is 8.01. The van der Waals surface area contributed by atoms with E-state index in [2.05, 4.69) is 15.6 Å². The number of anilines is 2. The Morgan fingerprint density at radius 2 is 1.43 bits per heavy atom. The van der Waals surface area contributed by atoms with Crippen LogP contribution in [0.25, 0.3) is 0 Å². The maximum atomic E-state index is 13.2. The molecule has 0 bridgehead atoms. The Morgan fingerprint density at radius 3 is 2.04 bits per heavy atom. The van der Waals surface area contributed by atoms with E-state index in [1.165, 1.54) is 30.3 Å². The number of carbonyl (C=O) groups excluding carboxylic acids is 2. The molecular weight excluding hydrogens is 366 g/mol. The predicted molar refractivity (Wildman–Crippen MR) is 97.7 cm³/mol. The predicted octanol–water partition coefficient (Wildman–Crippen LogP) is 3.74. The second-order valence-electron chi connectivity index (χ2n) is 5.64. The fraction of sp³-hybridized carbons (Fsp3) is 0. The quantitative estimate of drug-likeness (QED) is 0.723. The molecule has 3 aromatic rings. The topological polar surface area (TPSA) is 94.9 Å². The summed E-state index contributed by atoms with van der Waals surface area (Å²) in [4.78, 5) is 28.6. The molecule has 2 N–H and O–H groups in total. The van der Waals surface area contributed by atoms with Crippen LogP contribution in [-0.4, -0.2) is 16.8 Å². The molecule has 6 nitrogen and oxygen atoms in total. The normalized spacial score (nSPS) is 10.0. The van der Waals surface area contributed by atoms with Gasteiger partial charge in [-0.15, -0.1) is 0 Å². The number of nitriles is 1. The second-order valence-corrected chi connectivity index (χ2v) is 5.64. The number of hydrogen-bond donors (Lipinski definition) is 2. The van der Waals surface area contributed by atoms with E-state index in [0.29, 0.717) is 11.3 Å². The highest BCUT2D eigenvalue weighted by Crippen LogP contribution is 2.15. The van der Waals surface area contributed by atoms with Crippen molar-refractivity contribution in [3.8, 4) is 6.07 Å². The van der Waals surface area contributed by atoms with Crippen molar-refractivity contribution >= 4 is 23.2 Å². The van der Waals surface area contributed by atoms with Crippen LogP contribution in [0.2, 0.25) is 0 Å². The molecule has 28 heavy (non-hydrogen) atoms. The van der Waals surface area contributed by atoms with E-state index >= 15 is 0 Å². The smallest absolute Gasteiger partial charge is 0.274 e. The summed E-state index contributed by atoms with van der Waals surface area (Å²) in [6.45, 7) is 0. The van der Waals surface area contributed by atoms with Gasteiger partial charge in [-0.1, -0.05) is 12.1 Å². The van der Waals surface area contributed by atoms with Gasteiger partial charge in [-0.3, -0.25) is 9.59 Å². The molecule has 0 radical (unpaired) electrons. The lowest BCUT2D eigenvalue weighted by molar-refractivity contribution is 0.101. The highest BCUT2D eigenvalue weighted by Gasteiger charge is 2.14. The molecule has 0 spiro atoms. The number of amides is 2. The maximum Gasteiger partial charge on any atom is 0.274 e. The highest BCUT2D eigenvalue weighted by molar-refractivity contribution is 6.06. The molecule has 0 saturated carbocycles. The largest absolute Gasteiger partial charge is 0.321 e. The highest BCUT2D eigenvalue weighted by atomic mass is 19.2. The van der Waals surface area contributed by atoms with Crippen molar-refractivity contribution in [3.05, 3.63) is 89.2 Å². The van der Waals surface area contributed by atoms with Gasteiger partial charge in [0, 0.05) is 17.4 Å². The van der Waals surface area contributed by atoms with Crippen molar-refractivity contribution in [1.82, 2.24) is 4.98 Å². The molecule has 0 atom stereocenters. The van der Waals surface area contributed by atoms with Gasteiger partial charge in [0.1, 0.15) is 11.4 Å². The zero-order valence-electron chi connectivity index (χ0n) is 14.2. The number of rotatable bonds is 4. The third-order valence-corrected chi connectivity index (χ3v) is 3.64. The molecule has 3 rings (SSSR count). The van der Waals surface area contributed by atoms with Crippen molar-refractivity contribution < 1.29 is 18.4 Å². The van der Waals surface area contributed by atoms with Gasteiger partial charge in [-0.25, -0.2) is 13.8 Å². The van der Waals surface area contributed by atoms with Gasteiger partial charge in [0.05, 0.1) is 11.6 Å². The average molecular weight is 378 g/mol. The van der Waals surface area contributed by atoms with Crippen molar-refractivity contribution in [3.63, 3.8) is 0 Å². The number of nitrogens with zero attached hydrogens (tertiary/aromatic N) is 2. The van der Waals surface area contributed by atoms with E-state index < -0.39 is 23.4 Å². The molecule has 0 saturated heterocycles. The summed E-state index contributed by atoms with van der Waals surface area (Å²) in [5.41, 5.74) is 0.727. The average Bonchev–Trinajstić information content (AvgIpc) is 2.71. The molecule has 0 aliphatic carbocycles. The van der Waals surface area contributed by atoms with E-state index in [1.54, 1.807) is 18.2 Å². The van der Waals surface area contributed by atoms with E-state index in [9.17, 15) is 18.4 Å². The zero-order valence-corrected chi connectivity index (χ0v) is 14.2. The van der Waals surface area contributed by atoms with Crippen LogP contribution in [0.1, 0.15) is 26.5 Å². The summed E-state index contributed by atoms with van der Waals surface area (Å²) >= 11 is 0. The lowest BCUT2D eigenvalue weighted by Gasteiger charge is -2.08. The summed E-state index contributed by atoms with van der Waals surface area (Å²) in [6.07, 6.45) is 0. The number of nitrogens with one attached hydrogen (secondary N) is 2. The Kier molecular flexibility index (Phi) is 5.37. The first-order valence-corrected chi connectivity index (χ1v) is 8.01. The van der Waals surface area contributed by atoms with E-state index in [4.69, 9.17) is 5.26 Å². The summed E-state index contributed by atoms with van der Waals surface area (Å²) in [7, 11) is 0. The SMILES string of the molecule is N#Cc1cccc(NC(=O)c2cccc(C(=O)Nc3ccc(F)c(F)c3)n2)c1.